The van der Waals surface area contributed by atoms with E-state index in [4.69, 9.17) is 23.4 Å². The van der Waals surface area contributed by atoms with E-state index in [1.54, 1.807) is 25.1 Å². The summed E-state index contributed by atoms with van der Waals surface area (Å²) in [6.07, 6.45) is 2.89. The Kier molecular flexibility index (Phi) is 7.45. The number of furan rings is 1. The third-order valence-corrected chi connectivity index (χ3v) is 4.50. The van der Waals surface area contributed by atoms with Crippen LogP contribution in [0.2, 0.25) is 0 Å². The normalized spacial score (nSPS) is 11.1. The van der Waals surface area contributed by atoms with Crippen molar-refractivity contribution in [3.8, 4) is 5.75 Å². The molecule has 0 unspecified atom stereocenters. The summed E-state index contributed by atoms with van der Waals surface area (Å²) in [6.45, 7) is 2.46. The van der Waals surface area contributed by atoms with Crippen molar-refractivity contribution in [1.29, 1.82) is 0 Å². The van der Waals surface area contributed by atoms with Crippen molar-refractivity contribution in [1.82, 2.24) is 0 Å². The van der Waals surface area contributed by atoms with Crippen molar-refractivity contribution in [2.75, 3.05) is 20.8 Å². The smallest absolute Gasteiger partial charge is 0.342 e. The minimum Gasteiger partial charge on any atom is -0.493 e. The summed E-state index contributed by atoms with van der Waals surface area (Å²) in [5, 5.41) is 0.507. The molecule has 0 radical (unpaired) electrons. The van der Waals surface area contributed by atoms with Crippen molar-refractivity contribution in [2.45, 2.75) is 20.1 Å². The Bertz CT molecular complexity index is 1080. The molecule has 0 atom stereocenters. The molecular formula is C24H24O7. The zero-order valence-corrected chi connectivity index (χ0v) is 17.7. The lowest BCUT2D eigenvalue weighted by atomic mass is 10.1. The van der Waals surface area contributed by atoms with Gasteiger partial charge in [0.25, 0.3) is 0 Å². The second-order valence-electron chi connectivity index (χ2n) is 6.56. The highest BCUT2D eigenvalue weighted by molar-refractivity contribution is 6.06. The molecule has 0 spiro atoms. The van der Waals surface area contributed by atoms with Crippen LogP contribution in [0.1, 0.15) is 34.2 Å². The maximum atomic E-state index is 12.5. The van der Waals surface area contributed by atoms with Crippen LogP contribution in [0.5, 0.6) is 5.75 Å². The van der Waals surface area contributed by atoms with E-state index in [-0.39, 0.29) is 18.8 Å². The number of benzene rings is 2. The van der Waals surface area contributed by atoms with E-state index in [0.717, 1.165) is 5.56 Å². The van der Waals surface area contributed by atoms with Gasteiger partial charge in [-0.05, 0) is 36.3 Å². The van der Waals surface area contributed by atoms with E-state index >= 15 is 0 Å². The zero-order valence-electron chi connectivity index (χ0n) is 17.7. The fraction of sp³-hybridized carbons (Fsp3) is 0.250. The van der Waals surface area contributed by atoms with Gasteiger partial charge in [0.15, 0.2) is 11.3 Å². The zero-order chi connectivity index (χ0) is 22.2. The Balaban J connectivity index is 1.96. The highest BCUT2D eigenvalue weighted by atomic mass is 16.5. The number of hydrogen-bond acceptors (Lipinski definition) is 7. The maximum absolute atomic E-state index is 12.5. The van der Waals surface area contributed by atoms with Gasteiger partial charge in [-0.3, -0.25) is 0 Å². The summed E-state index contributed by atoms with van der Waals surface area (Å²) in [5.74, 6) is -0.259. The molecule has 0 aliphatic heterocycles. The Morgan fingerprint density at radius 2 is 1.84 bits per heavy atom. The van der Waals surface area contributed by atoms with E-state index in [1.165, 1.54) is 20.3 Å². The SMILES string of the molecule is CCOC(=O)/C=C/c1cc(OC)c2oc(COCc3ccccc3)c(C(=O)OC)c2c1. The van der Waals surface area contributed by atoms with Gasteiger partial charge in [-0.15, -0.1) is 0 Å². The third kappa shape index (κ3) is 5.32. The second kappa shape index (κ2) is 10.4. The van der Waals surface area contributed by atoms with E-state index in [0.29, 0.717) is 34.6 Å². The van der Waals surface area contributed by atoms with Gasteiger partial charge in [0.05, 0.1) is 27.4 Å². The van der Waals surface area contributed by atoms with Crippen molar-refractivity contribution in [3.63, 3.8) is 0 Å². The number of esters is 2. The molecule has 162 valence electrons. The first kappa shape index (κ1) is 22.1. The predicted molar refractivity (Wildman–Crippen MR) is 115 cm³/mol. The number of fused-ring (bicyclic) bond motifs is 1. The fourth-order valence-corrected chi connectivity index (χ4v) is 3.10. The lowest BCUT2D eigenvalue weighted by Crippen LogP contribution is -2.05. The number of carbonyl (C=O) groups is 2. The van der Waals surface area contributed by atoms with E-state index < -0.39 is 11.9 Å². The highest BCUT2D eigenvalue weighted by Gasteiger charge is 2.24. The van der Waals surface area contributed by atoms with Crippen LogP contribution in [-0.2, 0) is 32.2 Å². The minimum absolute atomic E-state index is 0.0746. The van der Waals surface area contributed by atoms with Crippen LogP contribution in [0.25, 0.3) is 17.0 Å². The lowest BCUT2D eigenvalue weighted by molar-refractivity contribution is -0.137. The maximum Gasteiger partial charge on any atom is 0.342 e. The molecule has 3 rings (SSSR count). The van der Waals surface area contributed by atoms with Crippen molar-refractivity contribution in [3.05, 3.63) is 71.0 Å². The second-order valence-corrected chi connectivity index (χ2v) is 6.56. The molecule has 7 heteroatoms. The molecule has 1 heterocycles. The fourth-order valence-electron chi connectivity index (χ4n) is 3.10. The van der Waals surface area contributed by atoms with Crippen LogP contribution in [0.15, 0.2) is 53.0 Å². The van der Waals surface area contributed by atoms with Crippen LogP contribution < -0.4 is 4.74 Å². The van der Waals surface area contributed by atoms with Gasteiger partial charge in [0.1, 0.15) is 17.9 Å². The summed E-state index contributed by atoms with van der Waals surface area (Å²) < 4.78 is 27.0. The van der Waals surface area contributed by atoms with Crippen LogP contribution in [0, 0.1) is 0 Å². The van der Waals surface area contributed by atoms with Gasteiger partial charge in [-0.1, -0.05) is 30.3 Å². The quantitative estimate of drug-likeness (QED) is 0.369. The molecule has 0 aliphatic carbocycles. The van der Waals surface area contributed by atoms with Crippen molar-refractivity contribution >= 4 is 29.0 Å². The van der Waals surface area contributed by atoms with Crippen molar-refractivity contribution < 1.29 is 33.0 Å². The minimum atomic E-state index is -0.550. The Labute approximate surface area is 180 Å². The summed E-state index contributed by atoms with van der Waals surface area (Å²) >= 11 is 0. The summed E-state index contributed by atoms with van der Waals surface area (Å²) in [5.41, 5.74) is 2.30. The molecule has 3 aromatic rings. The van der Waals surface area contributed by atoms with Crippen LogP contribution in [-0.4, -0.2) is 32.8 Å². The summed E-state index contributed by atoms with van der Waals surface area (Å²) in [6, 6.07) is 13.1. The van der Waals surface area contributed by atoms with Crippen LogP contribution in [0.4, 0.5) is 0 Å². The largest absolute Gasteiger partial charge is 0.493 e. The number of carbonyl (C=O) groups excluding carboxylic acids is 2. The monoisotopic (exact) mass is 424 g/mol. The molecule has 0 saturated carbocycles. The predicted octanol–water partition coefficient (Wildman–Crippen LogP) is 4.52. The van der Waals surface area contributed by atoms with E-state index in [1.807, 2.05) is 30.3 Å². The van der Waals surface area contributed by atoms with E-state index in [2.05, 4.69) is 0 Å². The van der Waals surface area contributed by atoms with Gasteiger partial charge in [0, 0.05) is 11.5 Å². The first-order valence-electron chi connectivity index (χ1n) is 9.75. The lowest BCUT2D eigenvalue weighted by Gasteiger charge is -2.04. The molecule has 0 amide bonds. The number of ether oxygens (including phenoxy) is 4. The molecule has 0 aliphatic rings. The Hall–Kier alpha value is -3.58. The molecule has 1 aromatic heterocycles. The standard InChI is InChI=1S/C24H24O7/c1-4-30-21(25)11-10-17-12-18-22(24(26)28-3)20(31-23(18)19(13-17)27-2)15-29-14-16-8-6-5-7-9-16/h5-13H,4,14-15H2,1-3H3/b11-10+. The highest BCUT2D eigenvalue weighted by Crippen LogP contribution is 2.35. The Morgan fingerprint density at radius 3 is 2.52 bits per heavy atom. The number of rotatable bonds is 9. The molecule has 2 aromatic carbocycles. The van der Waals surface area contributed by atoms with Gasteiger partial charge < -0.3 is 23.4 Å². The summed E-state index contributed by atoms with van der Waals surface area (Å²) in [4.78, 5) is 24.2. The van der Waals surface area contributed by atoms with Gasteiger partial charge in [-0.25, -0.2) is 9.59 Å². The van der Waals surface area contributed by atoms with Crippen LogP contribution >= 0.6 is 0 Å². The number of hydrogen-bond donors (Lipinski definition) is 0. The summed E-state index contributed by atoms with van der Waals surface area (Å²) in [7, 11) is 2.80. The molecule has 0 fully saturated rings. The van der Waals surface area contributed by atoms with Crippen LogP contribution in [0.3, 0.4) is 0 Å². The average molecular weight is 424 g/mol. The first-order chi connectivity index (χ1) is 15.1. The first-order valence-corrected chi connectivity index (χ1v) is 9.75. The number of methoxy groups -OCH3 is 2. The van der Waals surface area contributed by atoms with Gasteiger partial charge >= 0.3 is 11.9 Å². The molecule has 7 nitrogen and oxygen atoms in total. The molecular weight excluding hydrogens is 400 g/mol. The van der Waals surface area contributed by atoms with E-state index in [9.17, 15) is 9.59 Å². The molecule has 31 heavy (non-hydrogen) atoms. The topological polar surface area (TPSA) is 84.2 Å². The molecule has 0 N–H and O–H groups in total. The van der Waals surface area contributed by atoms with Gasteiger partial charge in [0.2, 0.25) is 0 Å². The third-order valence-electron chi connectivity index (χ3n) is 4.50. The molecule has 0 bridgehead atoms. The van der Waals surface area contributed by atoms with Crippen molar-refractivity contribution in [2.24, 2.45) is 0 Å². The Morgan fingerprint density at radius 1 is 1.06 bits per heavy atom. The average Bonchev–Trinajstić information content (AvgIpc) is 3.15. The van der Waals surface area contributed by atoms with Gasteiger partial charge in [-0.2, -0.15) is 0 Å². The molecule has 0 saturated heterocycles.